The van der Waals surface area contributed by atoms with Gasteiger partial charge in [0.25, 0.3) is 0 Å². The van der Waals surface area contributed by atoms with Crippen LogP contribution in [0.2, 0.25) is 0 Å². The fourth-order valence-corrected chi connectivity index (χ4v) is 4.84. The van der Waals surface area contributed by atoms with Crippen LogP contribution in [0.3, 0.4) is 0 Å². The third-order valence-electron chi connectivity index (χ3n) is 4.21. The summed E-state index contributed by atoms with van der Waals surface area (Å²) in [6, 6.07) is 19.5. The van der Waals surface area contributed by atoms with Gasteiger partial charge in [0.2, 0.25) is 5.91 Å². The van der Waals surface area contributed by atoms with Crippen molar-refractivity contribution in [3.05, 3.63) is 71.1 Å². The van der Waals surface area contributed by atoms with E-state index in [4.69, 9.17) is 4.74 Å². The summed E-state index contributed by atoms with van der Waals surface area (Å²) in [6.07, 6.45) is 0.760. The number of ether oxygens (including phenoxy) is 1. The van der Waals surface area contributed by atoms with E-state index in [0.717, 1.165) is 27.3 Å². The molecule has 0 saturated heterocycles. The van der Waals surface area contributed by atoms with E-state index in [1.165, 1.54) is 23.1 Å². The molecular formula is C23H23NO3S2. The van der Waals surface area contributed by atoms with Crippen molar-refractivity contribution < 1.29 is 14.3 Å². The van der Waals surface area contributed by atoms with Crippen molar-refractivity contribution in [3.63, 3.8) is 0 Å². The van der Waals surface area contributed by atoms with Gasteiger partial charge in [-0.25, -0.2) is 4.79 Å². The summed E-state index contributed by atoms with van der Waals surface area (Å²) in [7, 11) is 0. The number of carbonyl (C=O) groups excluding carboxylic acids is 2. The second-order valence-electron chi connectivity index (χ2n) is 6.19. The average Bonchev–Trinajstić information content (AvgIpc) is 3.12. The van der Waals surface area contributed by atoms with E-state index in [2.05, 4.69) is 5.32 Å². The number of nitrogens with one attached hydrogen (secondary N) is 1. The Labute approximate surface area is 179 Å². The highest BCUT2D eigenvalue weighted by Gasteiger charge is 2.26. The van der Waals surface area contributed by atoms with Crippen molar-refractivity contribution in [1.82, 2.24) is 0 Å². The molecule has 4 nitrogen and oxygen atoms in total. The van der Waals surface area contributed by atoms with Crippen LogP contribution in [0.4, 0.5) is 5.00 Å². The number of amides is 1. The zero-order valence-corrected chi connectivity index (χ0v) is 18.1. The molecule has 0 radical (unpaired) electrons. The lowest BCUT2D eigenvalue weighted by atomic mass is 10.00. The van der Waals surface area contributed by atoms with E-state index in [1.54, 1.807) is 6.92 Å². The maximum Gasteiger partial charge on any atom is 0.341 e. The Morgan fingerprint density at radius 1 is 1.00 bits per heavy atom. The Balaban J connectivity index is 1.90. The SMILES string of the molecule is CCOC(=O)c1c(NC(=O)CSc2ccccc2)sc(CC)c1-c1ccccc1. The van der Waals surface area contributed by atoms with Crippen LogP contribution in [-0.2, 0) is 16.0 Å². The van der Waals surface area contributed by atoms with Crippen LogP contribution in [-0.4, -0.2) is 24.2 Å². The first-order valence-electron chi connectivity index (χ1n) is 9.49. The van der Waals surface area contributed by atoms with Crippen molar-refractivity contribution in [1.29, 1.82) is 0 Å². The Morgan fingerprint density at radius 3 is 2.28 bits per heavy atom. The van der Waals surface area contributed by atoms with Crippen molar-refractivity contribution in [2.75, 3.05) is 17.7 Å². The van der Waals surface area contributed by atoms with Gasteiger partial charge in [0.1, 0.15) is 10.6 Å². The molecule has 0 bridgehead atoms. The van der Waals surface area contributed by atoms with Gasteiger partial charge in [-0.2, -0.15) is 0 Å². The molecule has 6 heteroatoms. The molecule has 0 unspecified atom stereocenters. The van der Waals surface area contributed by atoms with Crippen LogP contribution in [0.5, 0.6) is 0 Å². The number of esters is 1. The molecule has 2 aromatic carbocycles. The minimum atomic E-state index is -0.409. The average molecular weight is 426 g/mol. The molecule has 0 spiro atoms. The van der Waals surface area contributed by atoms with E-state index in [-0.39, 0.29) is 18.3 Å². The molecular weight excluding hydrogens is 402 g/mol. The monoisotopic (exact) mass is 425 g/mol. The number of anilines is 1. The van der Waals surface area contributed by atoms with Crippen LogP contribution in [0.25, 0.3) is 11.1 Å². The zero-order valence-electron chi connectivity index (χ0n) is 16.4. The summed E-state index contributed by atoms with van der Waals surface area (Å²) in [5.41, 5.74) is 2.24. The zero-order chi connectivity index (χ0) is 20.6. The van der Waals surface area contributed by atoms with E-state index < -0.39 is 5.97 Å². The molecule has 3 aromatic rings. The first-order chi connectivity index (χ1) is 14.1. The van der Waals surface area contributed by atoms with E-state index in [9.17, 15) is 9.59 Å². The third kappa shape index (κ3) is 5.28. The number of thioether (sulfide) groups is 1. The molecule has 1 amide bonds. The Hall–Kier alpha value is -2.57. The summed E-state index contributed by atoms with van der Waals surface area (Å²) < 4.78 is 5.31. The van der Waals surface area contributed by atoms with Crippen molar-refractivity contribution in [3.8, 4) is 11.1 Å². The molecule has 0 aliphatic carbocycles. The predicted octanol–water partition coefficient (Wildman–Crippen LogP) is 5.89. The summed E-state index contributed by atoms with van der Waals surface area (Å²) in [6.45, 7) is 4.10. The molecule has 0 fully saturated rings. The van der Waals surface area contributed by atoms with Crippen LogP contribution in [0, 0.1) is 0 Å². The lowest BCUT2D eigenvalue weighted by molar-refractivity contribution is -0.113. The minimum absolute atomic E-state index is 0.145. The smallest absolute Gasteiger partial charge is 0.341 e. The number of thiophene rings is 1. The topological polar surface area (TPSA) is 55.4 Å². The summed E-state index contributed by atoms with van der Waals surface area (Å²) in [5, 5.41) is 3.50. The van der Waals surface area contributed by atoms with E-state index in [0.29, 0.717) is 10.6 Å². The fourth-order valence-electron chi connectivity index (χ4n) is 2.95. The number of carbonyl (C=O) groups is 2. The lowest BCUT2D eigenvalue weighted by Gasteiger charge is -2.09. The largest absolute Gasteiger partial charge is 0.462 e. The Kier molecular flexibility index (Phi) is 7.49. The van der Waals surface area contributed by atoms with Gasteiger partial charge in [-0.1, -0.05) is 55.5 Å². The van der Waals surface area contributed by atoms with Crippen LogP contribution in [0.1, 0.15) is 29.1 Å². The molecule has 3 rings (SSSR count). The lowest BCUT2D eigenvalue weighted by Crippen LogP contribution is -2.16. The molecule has 0 saturated carbocycles. The highest BCUT2D eigenvalue weighted by atomic mass is 32.2. The molecule has 0 atom stereocenters. The van der Waals surface area contributed by atoms with Gasteiger partial charge in [-0.3, -0.25) is 4.79 Å². The summed E-state index contributed by atoms with van der Waals surface area (Å²) in [5.74, 6) is -0.284. The summed E-state index contributed by atoms with van der Waals surface area (Å²) >= 11 is 2.90. The number of hydrogen-bond acceptors (Lipinski definition) is 5. The van der Waals surface area contributed by atoms with Crippen LogP contribution in [0.15, 0.2) is 65.6 Å². The van der Waals surface area contributed by atoms with Gasteiger partial charge >= 0.3 is 5.97 Å². The van der Waals surface area contributed by atoms with Gasteiger partial charge < -0.3 is 10.1 Å². The molecule has 1 aromatic heterocycles. The Morgan fingerprint density at radius 2 is 1.66 bits per heavy atom. The quantitative estimate of drug-likeness (QED) is 0.361. The van der Waals surface area contributed by atoms with Gasteiger partial charge in [0.05, 0.1) is 12.4 Å². The molecule has 150 valence electrons. The standard InChI is InChI=1S/C23H23NO3S2/c1-3-18-20(16-11-7-5-8-12-16)21(23(26)27-4-2)22(29-18)24-19(25)15-28-17-13-9-6-10-14-17/h5-14H,3-4,15H2,1-2H3,(H,24,25). The highest BCUT2D eigenvalue weighted by Crippen LogP contribution is 2.41. The number of aryl methyl sites for hydroxylation is 1. The first-order valence-corrected chi connectivity index (χ1v) is 11.3. The van der Waals surface area contributed by atoms with Crippen molar-refractivity contribution in [2.24, 2.45) is 0 Å². The molecule has 29 heavy (non-hydrogen) atoms. The van der Waals surface area contributed by atoms with Gasteiger partial charge in [-0.05, 0) is 31.0 Å². The maximum atomic E-state index is 12.8. The number of benzene rings is 2. The summed E-state index contributed by atoms with van der Waals surface area (Å²) in [4.78, 5) is 27.4. The van der Waals surface area contributed by atoms with Crippen LogP contribution < -0.4 is 5.32 Å². The van der Waals surface area contributed by atoms with E-state index >= 15 is 0 Å². The van der Waals surface area contributed by atoms with Crippen LogP contribution >= 0.6 is 23.1 Å². The molecule has 1 N–H and O–H groups in total. The maximum absolute atomic E-state index is 12.8. The fraction of sp³-hybridized carbons (Fsp3) is 0.217. The van der Waals surface area contributed by atoms with Crippen molar-refractivity contribution in [2.45, 2.75) is 25.2 Å². The highest BCUT2D eigenvalue weighted by molar-refractivity contribution is 8.00. The third-order valence-corrected chi connectivity index (χ3v) is 6.47. The predicted molar refractivity (Wildman–Crippen MR) is 121 cm³/mol. The van der Waals surface area contributed by atoms with Gasteiger partial charge in [0, 0.05) is 15.3 Å². The second kappa shape index (κ2) is 10.3. The van der Waals surface area contributed by atoms with Crippen molar-refractivity contribution >= 4 is 40.0 Å². The van der Waals surface area contributed by atoms with Gasteiger partial charge in [-0.15, -0.1) is 23.1 Å². The minimum Gasteiger partial charge on any atom is -0.462 e. The normalized spacial score (nSPS) is 10.6. The molecule has 0 aliphatic rings. The number of hydrogen-bond donors (Lipinski definition) is 1. The van der Waals surface area contributed by atoms with E-state index in [1.807, 2.05) is 67.6 Å². The Bertz CT molecular complexity index is 969. The van der Waals surface area contributed by atoms with Gasteiger partial charge in [0.15, 0.2) is 0 Å². The second-order valence-corrected chi connectivity index (χ2v) is 8.35. The number of rotatable bonds is 8. The molecule has 1 heterocycles. The molecule has 0 aliphatic heterocycles. The first kappa shape index (κ1) is 21.1.